The lowest BCUT2D eigenvalue weighted by molar-refractivity contribution is -0.165. The van der Waals surface area contributed by atoms with Gasteiger partial charge in [-0.15, -0.1) is 0 Å². The van der Waals surface area contributed by atoms with Gasteiger partial charge < -0.3 is 18.9 Å². The van der Waals surface area contributed by atoms with E-state index in [4.69, 9.17) is 18.9 Å². The van der Waals surface area contributed by atoms with Gasteiger partial charge in [0.15, 0.2) is 0 Å². The molecule has 0 heterocycles. The maximum atomic E-state index is 11.8. The maximum Gasteiger partial charge on any atom is 0.341 e. The summed E-state index contributed by atoms with van der Waals surface area (Å²) in [6.45, 7) is 13.7. The Morgan fingerprint density at radius 2 is 1.03 bits per heavy atom. The zero-order chi connectivity index (χ0) is 27.8. The lowest BCUT2D eigenvalue weighted by Gasteiger charge is -2.17. The summed E-state index contributed by atoms with van der Waals surface area (Å²) in [5.41, 5.74) is 1.39. The minimum Gasteiger partial charge on any atom is -0.422 e. The number of hydrogen-bond acceptors (Lipinski definition) is 8. The highest BCUT2D eigenvalue weighted by molar-refractivity contribution is 5.91. The smallest absolute Gasteiger partial charge is 0.341 e. The summed E-state index contributed by atoms with van der Waals surface area (Å²) in [4.78, 5) is 46.3. The second-order valence-electron chi connectivity index (χ2n) is 7.97. The molecule has 0 saturated heterocycles. The van der Waals surface area contributed by atoms with Crippen LogP contribution >= 0.6 is 0 Å². The van der Waals surface area contributed by atoms with Gasteiger partial charge in [-0.2, -0.15) is 0 Å². The average molecular weight is 511 g/mol. The van der Waals surface area contributed by atoms with Gasteiger partial charge >= 0.3 is 23.9 Å². The van der Waals surface area contributed by atoms with Crippen LogP contribution in [0, 0.1) is 0 Å². The Labute approximate surface area is 217 Å². The molecule has 0 aromatic heterocycles. The molecule has 8 heteroatoms. The first kappa shape index (κ1) is 30.8. The van der Waals surface area contributed by atoms with E-state index in [0.29, 0.717) is 24.0 Å². The molecule has 37 heavy (non-hydrogen) atoms. The van der Waals surface area contributed by atoms with E-state index in [1.807, 2.05) is 6.92 Å². The highest BCUT2D eigenvalue weighted by Gasteiger charge is 2.20. The first-order valence-electron chi connectivity index (χ1n) is 11.8. The molecular formula is C29H34O8. The third kappa shape index (κ3) is 11.9. The Kier molecular flexibility index (Phi) is 13.7. The van der Waals surface area contributed by atoms with Gasteiger partial charge in [0.2, 0.25) is 12.6 Å². The van der Waals surface area contributed by atoms with Gasteiger partial charge in [0.25, 0.3) is 0 Å². The van der Waals surface area contributed by atoms with Crippen molar-refractivity contribution in [3.8, 4) is 0 Å². The Morgan fingerprint density at radius 1 is 0.649 bits per heavy atom. The zero-order valence-corrected chi connectivity index (χ0v) is 21.7. The van der Waals surface area contributed by atoms with Gasteiger partial charge in [0.05, 0.1) is 11.1 Å². The highest BCUT2D eigenvalue weighted by Crippen LogP contribution is 2.11. The van der Waals surface area contributed by atoms with E-state index < -0.39 is 36.5 Å². The molecule has 0 aliphatic heterocycles. The zero-order valence-electron chi connectivity index (χ0n) is 21.7. The van der Waals surface area contributed by atoms with Crippen LogP contribution in [-0.2, 0) is 28.5 Å². The van der Waals surface area contributed by atoms with E-state index in [1.54, 1.807) is 74.5 Å². The number of rotatable bonds is 11. The van der Waals surface area contributed by atoms with Crippen LogP contribution in [-0.4, -0.2) is 36.5 Å². The SMILES string of the molecule is C=C(C)C(=O)OC(CC)OC(=O)c1ccccc1.C=C(C)C(=O)OC(CCC)OC(=O)c1ccccc1. The molecule has 198 valence electrons. The number of benzene rings is 2. The van der Waals surface area contributed by atoms with Crippen LogP contribution in [0.1, 0.15) is 67.7 Å². The molecule has 2 aromatic rings. The van der Waals surface area contributed by atoms with E-state index in [-0.39, 0.29) is 11.1 Å². The summed E-state index contributed by atoms with van der Waals surface area (Å²) < 4.78 is 20.3. The summed E-state index contributed by atoms with van der Waals surface area (Å²) in [5.74, 6) is -2.15. The Hall–Kier alpha value is -4.20. The highest BCUT2D eigenvalue weighted by atomic mass is 16.7. The number of ether oxygens (including phenoxy) is 4. The van der Waals surface area contributed by atoms with Crippen molar-refractivity contribution in [2.75, 3.05) is 0 Å². The van der Waals surface area contributed by atoms with Crippen molar-refractivity contribution < 1.29 is 38.1 Å². The maximum absolute atomic E-state index is 11.8. The van der Waals surface area contributed by atoms with E-state index in [9.17, 15) is 19.2 Å². The summed E-state index contributed by atoms with van der Waals surface area (Å²) in [6, 6.07) is 17.1. The van der Waals surface area contributed by atoms with Gasteiger partial charge in [-0.25, -0.2) is 19.2 Å². The van der Waals surface area contributed by atoms with Crippen molar-refractivity contribution in [2.24, 2.45) is 0 Å². The van der Waals surface area contributed by atoms with Gasteiger partial charge in [-0.3, -0.25) is 0 Å². The molecule has 0 radical (unpaired) electrons. The van der Waals surface area contributed by atoms with E-state index in [2.05, 4.69) is 13.2 Å². The van der Waals surface area contributed by atoms with Gasteiger partial charge in [0, 0.05) is 24.0 Å². The van der Waals surface area contributed by atoms with Gasteiger partial charge in [0.1, 0.15) is 0 Å². The summed E-state index contributed by atoms with van der Waals surface area (Å²) in [6.07, 6.45) is -0.186. The molecular weight excluding hydrogens is 476 g/mol. The van der Waals surface area contributed by atoms with E-state index >= 15 is 0 Å². The Balaban J connectivity index is 0.000000371. The normalized spacial score (nSPS) is 11.5. The molecule has 0 amide bonds. The second kappa shape index (κ2) is 16.5. The predicted molar refractivity (Wildman–Crippen MR) is 138 cm³/mol. The molecule has 2 atom stereocenters. The summed E-state index contributed by atoms with van der Waals surface area (Å²) in [5, 5.41) is 0. The molecule has 0 bridgehead atoms. The Morgan fingerprint density at radius 3 is 1.38 bits per heavy atom. The van der Waals surface area contributed by atoms with Crippen molar-refractivity contribution in [3.63, 3.8) is 0 Å². The minimum atomic E-state index is -0.887. The van der Waals surface area contributed by atoms with Crippen molar-refractivity contribution in [2.45, 2.75) is 59.5 Å². The topological polar surface area (TPSA) is 105 Å². The lowest BCUT2D eigenvalue weighted by Crippen LogP contribution is -2.25. The standard InChI is InChI=1S/C15H18O4.C14H16O4/c1-4-8-13(18-14(16)11(2)3)19-15(17)12-9-6-5-7-10-12;1-4-12(17-13(15)10(2)3)18-14(16)11-8-6-5-7-9-11/h5-7,9-10,13H,2,4,8H2,1,3H3;5-9,12H,2,4H2,1,3H3. The van der Waals surface area contributed by atoms with Crippen LogP contribution in [0.2, 0.25) is 0 Å². The van der Waals surface area contributed by atoms with E-state index in [1.165, 1.54) is 6.92 Å². The largest absolute Gasteiger partial charge is 0.422 e. The fourth-order valence-electron chi connectivity index (χ4n) is 2.53. The van der Waals surface area contributed by atoms with Crippen LogP contribution in [0.25, 0.3) is 0 Å². The minimum absolute atomic E-state index is 0.268. The predicted octanol–water partition coefficient (Wildman–Crippen LogP) is 5.79. The Bertz CT molecular complexity index is 1060. The summed E-state index contributed by atoms with van der Waals surface area (Å²) in [7, 11) is 0. The average Bonchev–Trinajstić information content (AvgIpc) is 2.89. The number of carbonyl (C=O) groups excluding carboxylic acids is 4. The van der Waals surface area contributed by atoms with Crippen molar-refractivity contribution >= 4 is 23.9 Å². The van der Waals surface area contributed by atoms with Crippen molar-refractivity contribution in [1.29, 1.82) is 0 Å². The molecule has 0 N–H and O–H groups in total. The molecule has 2 rings (SSSR count). The van der Waals surface area contributed by atoms with Crippen LogP contribution < -0.4 is 0 Å². The van der Waals surface area contributed by atoms with Gasteiger partial charge in [-0.05, 0) is 44.5 Å². The molecule has 2 aromatic carbocycles. The molecule has 0 aliphatic carbocycles. The van der Waals surface area contributed by atoms with Crippen molar-refractivity contribution in [1.82, 2.24) is 0 Å². The fourth-order valence-corrected chi connectivity index (χ4v) is 2.53. The molecule has 0 fully saturated rings. The number of hydrogen-bond donors (Lipinski definition) is 0. The van der Waals surface area contributed by atoms with Gasteiger partial charge in [-0.1, -0.05) is 63.4 Å². The lowest BCUT2D eigenvalue weighted by atomic mass is 10.2. The fraction of sp³-hybridized carbons (Fsp3) is 0.310. The number of esters is 4. The molecule has 0 saturated carbocycles. The number of carbonyl (C=O) groups is 4. The van der Waals surface area contributed by atoms with Crippen LogP contribution in [0.15, 0.2) is 85.0 Å². The molecule has 0 spiro atoms. The van der Waals surface area contributed by atoms with E-state index in [0.717, 1.165) is 6.42 Å². The second-order valence-corrected chi connectivity index (χ2v) is 7.97. The first-order valence-corrected chi connectivity index (χ1v) is 11.8. The van der Waals surface area contributed by atoms with Crippen LogP contribution in [0.5, 0.6) is 0 Å². The third-order valence-electron chi connectivity index (χ3n) is 4.53. The molecule has 8 nitrogen and oxygen atoms in total. The summed E-state index contributed by atoms with van der Waals surface area (Å²) >= 11 is 0. The van der Waals surface area contributed by atoms with Crippen LogP contribution in [0.4, 0.5) is 0 Å². The third-order valence-corrected chi connectivity index (χ3v) is 4.53. The van der Waals surface area contributed by atoms with Crippen LogP contribution in [0.3, 0.4) is 0 Å². The monoisotopic (exact) mass is 510 g/mol. The molecule has 0 aliphatic rings. The molecule has 2 unspecified atom stereocenters. The first-order chi connectivity index (χ1) is 17.6. The van der Waals surface area contributed by atoms with Crippen molar-refractivity contribution in [3.05, 3.63) is 96.1 Å². The quantitative estimate of drug-likeness (QED) is 0.213.